The molecule has 1 aliphatic rings. The minimum atomic E-state index is -2.84. The van der Waals surface area contributed by atoms with Crippen molar-refractivity contribution in [1.29, 1.82) is 0 Å². The minimum Gasteiger partial charge on any atom is -0.462 e. The fourth-order valence-corrected chi connectivity index (χ4v) is 6.05. The number of nitrogens with two attached hydrogens (primary N) is 1. The maximum atomic E-state index is 14.8. The number of aliphatic hydroxyl groups is 1. The largest absolute Gasteiger partial charge is 0.462 e. The number of aliphatic hydroxyl groups excluding tert-OH is 1. The third kappa shape index (κ3) is 16.0. The van der Waals surface area contributed by atoms with Gasteiger partial charge in [-0.15, -0.1) is 5.10 Å². The first-order valence-corrected chi connectivity index (χ1v) is 19.1. The Bertz CT molecular complexity index is 1580. The van der Waals surface area contributed by atoms with E-state index in [2.05, 4.69) is 26.2 Å². The van der Waals surface area contributed by atoms with Gasteiger partial charge in [-0.05, 0) is 72.2 Å². The fraction of sp³-hybridized carbons (Fsp3) is 0.675. The highest BCUT2D eigenvalue weighted by Gasteiger charge is 2.47. The van der Waals surface area contributed by atoms with Gasteiger partial charge in [0.1, 0.15) is 35.0 Å². The van der Waals surface area contributed by atoms with E-state index in [0.717, 1.165) is 19.8 Å². The van der Waals surface area contributed by atoms with Gasteiger partial charge in [0.05, 0.1) is 12.7 Å². The molecule has 314 valence electrons. The number of hydrogen-bond acceptors (Lipinski definition) is 14. The molecule has 1 aliphatic heterocycles. The molecule has 0 saturated carbocycles. The van der Waals surface area contributed by atoms with E-state index < -0.39 is 41.1 Å². The van der Waals surface area contributed by atoms with Gasteiger partial charge in [-0.25, -0.2) is 14.0 Å². The topological polar surface area (TPSA) is 206 Å². The Labute approximate surface area is 330 Å². The molecular weight excluding hydrogens is 729 g/mol. The van der Waals surface area contributed by atoms with E-state index in [0.29, 0.717) is 30.5 Å². The van der Waals surface area contributed by atoms with Gasteiger partial charge < -0.3 is 39.2 Å². The summed E-state index contributed by atoms with van der Waals surface area (Å²) in [5.41, 5.74) is 2.08. The van der Waals surface area contributed by atoms with E-state index in [1.807, 2.05) is 41.8 Å². The van der Waals surface area contributed by atoms with Crippen molar-refractivity contribution >= 4 is 23.6 Å². The first-order chi connectivity index (χ1) is 26.4. The van der Waals surface area contributed by atoms with Crippen molar-refractivity contribution < 1.29 is 52.1 Å². The summed E-state index contributed by atoms with van der Waals surface area (Å²) in [5.74, 6) is -0.229. The summed E-state index contributed by atoms with van der Waals surface area (Å²) in [5, 5.41) is 19.6. The molecule has 2 aromatic rings. The van der Waals surface area contributed by atoms with Gasteiger partial charge in [-0.2, -0.15) is 5.10 Å². The summed E-state index contributed by atoms with van der Waals surface area (Å²) < 4.78 is 42.2. The maximum Gasteiger partial charge on any atom is 0.405 e. The van der Waals surface area contributed by atoms with Crippen LogP contribution in [0.2, 0.25) is 0 Å². The normalized spacial score (nSPS) is 20.1. The Morgan fingerprint density at radius 3 is 2.38 bits per heavy atom. The molecule has 15 nitrogen and oxygen atoms in total. The van der Waals surface area contributed by atoms with Crippen LogP contribution in [0.5, 0.6) is 0 Å². The second-order valence-electron chi connectivity index (χ2n) is 14.3. The number of amides is 1. The molecule has 0 aliphatic carbocycles. The van der Waals surface area contributed by atoms with E-state index in [1.165, 1.54) is 13.8 Å². The van der Waals surface area contributed by atoms with Gasteiger partial charge in [0.2, 0.25) is 5.76 Å². The molecule has 0 bridgehead atoms. The van der Waals surface area contributed by atoms with Crippen LogP contribution in [0.1, 0.15) is 113 Å². The SMILES string of the molecule is CC.CCC(=O)C(C)(F)C(=O)OC(CC)[C@](C)(C[C@@H](C)C(=O)CCC(C)COC1CC(N(C)C)CC(C)O1)OC(N)=O.OC#Cc1cc(-c2cccnn2)no1. The van der Waals surface area contributed by atoms with Crippen molar-refractivity contribution in [2.75, 3.05) is 20.7 Å². The predicted octanol–water partition coefficient (Wildman–Crippen LogP) is 6.19. The molecule has 0 radical (unpaired) electrons. The lowest BCUT2D eigenvalue weighted by atomic mass is 9.83. The Morgan fingerprint density at radius 2 is 1.82 bits per heavy atom. The smallest absolute Gasteiger partial charge is 0.405 e. The minimum absolute atomic E-state index is 0.00408. The number of nitrogens with zero attached hydrogens (tertiary/aromatic N) is 4. The van der Waals surface area contributed by atoms with E-state index >= 15 is 0 Å². The molecule has 1 saturated heterocycles. The van der Waals surface area contributed by atoms with Crippen LogP contribution in [-0.4, -0.2) is 106 Å². The molecule has 8 atom stereocenters. The molecule has 0 spiro atoms. The standard InChI is InChI=1S/C29H51FN2O8.C9H5N3O2.C2H6/c1-10-23(34)29(7,30)26(35)39-24(11-2)28(6,40-27(31)36)16-19(4)22(33)13-12-18(3)17-37-25-15-21(32(8)9)14-20(5)38-25;13-5-3-7-6-9(12-14-7)8-2-1-4-10-11-8;1-2/h18-21,24-25H,10-17H2,1-9H3,(H2,31,36);1-2,4,6,13H;1-2H3/t18?,19-,20?,21?,24?,25?,28+,29?;;/m1../s1. The highest BCUT2D eigenvalue weighted by Crippen LogP contribution is 2.32. The zero-order valence-electron chi connectivity index (χ0n) is 34.8. The van der Waals surface area contributed by atoms with Crippen molar-refractivity contribution in [2.45, 2.75) is 143 Å². The van der Waals surface area contributed by atoms with E-state index in [9.17, 15) is 23.6 Å². The lowest BCUT2D eigenvalue weighted by Crippen LogP contribution is -2.51. The van der Waals surface area contributed by atoms with E-state index in [4.69, 9.17) is 34.3 Å². The van der Waals surface area contributed by atoms with Gasteiger partial charge in [-0.1, -0.05) is 46.7 Å². The van der Waals surface area contributed by atoms with Crippen LogP contribution < -0.4 is 5.73 Å². The van der Waals surface area contributed by atoms with Crippen molar-refractivity contribution in [3.8, 4) is 23.4 Å². The van der Waals surface area contributed by atoms with E-state index in [-0.39, 0.29) is 55.5 Å². The number of ketones is 2. The number of aromatic nitrogens is 3. The Balaban J connectivity index is 0.000000805. The predicted molar refractivity (Wildman–Crippen MR) is 206 cm³/mol. The summed E-state index contributed by atoms with van der Waals surface area (Å²) in [6.07, 6.45) is 3.41. The number of carbonyl (C=O) groups excluding carboxylic acids is 4. The summed E-state index contributed by atoms with van der Waals surface area (Å²) in [6.45, 7) is 15.6. The highest BCUT2D eigenvalue weighted by molar-refractivity contribution is 6.06. The monoisotopic (exact) mass is 791 g/mol. The molecule has 6 unspecified atom stereocenters. The lowest BCUT2D eigenvalue weighted by molar-refractivity contribution is -0.206. The molecule has 1 fully saturated rings. The third-order valence-electron chi connectivity index (χ3n) is 9.28. The number of halogens is 1. The van der Waals surface area contributed by atoms with Gasteiger partial charge >= 0.3 is 12.1 Å². The number of primary amides is 1. The van der Waals surface area contributed by atoms with Crippen LogP contribution in [0.3, 0.4) is 0 Å². The molecule has 3 N–H and O–H groups in total. The van der Waals surface area contributed by atoms with E-state index in [1.54, 1.807) is 44.3 Å². The number of hydrogen-bond donors (Lipinski definition) is 2. The fourth-order valence-electron chi connectivity index (χ4n) is 6.05. The van der Waals surface area contributed by atoms with Crippen molar-refractivity contribution in [2.24, 2.45) is 17.6 Å². The van der Waals surface area contributed by atoms with Crippen LogP contribution in [-0.2, 0) is 33.3 Å². The van der Waals surface area contributed by atoms with Crippen LogP contribution >= 0.6 is 0 Å². The second kappa shape index (κ2) is 24.2. The first-order valence-electron chi connectivity index (χ1n) is 19.1. The quantitative estimate of drug-likeness (QED) is 0.0981. The summed E-state index contributed by atoms with van der Waals surface area (Å²) in [6, 6.07) is 5.46. The second-order valence-corrected chi connectivity index (χ2v) is 14.3. The van der Waals surface area contributed by atoms with Crippen LogP contribution in [0.15, 0.2) is 28.9 Å². The Kier molecular flexibility index (Phi) is 21.4. The summed E-state index contributed by atoms with van der Waals surface area (Å²) >= 11 is 0. The van der Waals surface area contributed by atoms with Crippen molar-refractivity contribution in [1.82, 2.24) is 20.3 Å². The number of carbonyl (C=O) groups is 4. The molecule has 0 aromatic carbocycles. The number of esters is 1. The maximum absolute atomic E-state index is 14.8. The van der Waals surface area contributed by atoms with Crippen molar-refractivity contribution in [3.05, 3.63) is 30.2 Å². The first kappa shape index (κ1) is 49.6. The zero-order valence-corrected chi connectivity index (χ0v) is 34.8. The lowest BCUT2D eigenvalue weighted by Gasteiger charge is -2.38. The van der Waals surface area contributed by atoms with Gasteiger partial charge in [0, 0.05) is 55.8 Å². The molecule has 1 amide bonds. The number of Topliss-reactive ketones (excluding diaryl/α,β-unsaturated/α-hetero) is 2. The average Bonchev–Trinajstić information content (AvgIpc) is 3.64. The molecule has 56 heavy (non-hydrogen) atoms. The van der Waals surface area contributed by atoms with Crippen LogP contribution in [0.4, 0.5) is 9.18 Å². The number of alkyl halides is 1. The van der Waals surface area contributed by atoms with Crippen LogP contribution in [0.25, 0.3) is 11.4 Å². The van der Waals surface area contributed by atoms with Gasteiger partial charge in [0.15, 0.2) is 12.1 Å². The van der Waals surface area contributed by atoms with Gasteiger partial charge in [-0.3, -0.25) is 9.59 Å². The summed E-state index contributed by atoms with van der Waals surface area (Å²) in [4.78, 5) is 51.4. The Hall–Kier alpha value is -4.46. The number of ether oxygens (including phenoxy) is 4. The van der Waals surface area contributed by atoms with Crippen molar-refractivity contribution in [3.63, 3.8) is 0 Å². The third-order valence-corrected chi connectivity index (χ3v) is 9.28. The Morgan fingerprint density at radius 1 is 1.14 bits per heavy atom. The summed E-state index contributed by atoms with van der Waals surface area (Å²) in [7, 11) is 4.10. The molecule has 3 rings (SSSR count). The van der Waals surface area contributed by atoms with Gasteiger partial charge in [0.25, 0.3) is 5.67 Å². The molecule has 3 heterocycles. The molecular formula is C40H62FN5O10. The zero-order chi connectivity index (χ0) is 42.6. The molecule has 16 heteroatoms. The average molecular weight is 792 g/mol. The molecule has 2 aromatic heterocycles. The van der Waals surface area contributed by atoms with Crippen LogP contribution in [0, 0.1) is 23.9 Å². The highest BCUT2D eigenvalue weighted by atomic mass is 19.1. The number of rotatable bonds is 18.